The van der Waals surface area contributed by atoms with Gasteiger partial charge >= 0.3 is 0 Å². The third-order valence-corrected chi connectivity index (χ3v) is 4.04. The van der Waals surface area contributed by atoms with Gasteiger partial charge in [-0.1, -0.05) is 12.1 Å². The predicted molar refractivity (Wildman–Crippen MR) is 103 cm³/mol. The van der Waals surface area contributed by atoms with Gasteiger partial charge in [0.05, 0.1) is 31.4 Å². The standard InChI is InChI=1S/C19H22N6O2/c1-24(2)17-11-20-13-21-19(17)25-12-15(10-22-25)23-18(26)9-6-14-4-7-16(27-3)8-5-14/h4-5,7-8,10-13H,6,9H2,1-3H3,(H,23,26). The quantitative estimate of drug-likeness (QED) is 0.691. The van der Waals surface area contributed by atoms with E-state index in [2.05, 4.69) is 20.4 Å². The highest BCUT2D eigenvalue weighted by atomic mass is 16.5. The topological polar surface area (TPSA) is 85.2 Å². The summed E-state index contributed by atoms with van der Waals surface area (Å²) in [4.78, 5) is 22.4. The van der Waals surface area contributed by atoms with E-state index >= 15 is 0 Å². The lowest BCUT2D eigenvalue weighted by Gasteiger charge is -2.14. The van der Waals surface area contributed by atoms with E-state index in [9.17, 15) is 4.79 Å². The van der Waals surface area contributed by atoms with Crippen molar-refractivity contribution in [3.63, 3.8) is 0 Å². The zero-order valence-corrected chi connectivity index (χ0v) is 15.6. The Kier molecular flexibility index (Phi) is 5.65. The van der Waals surface area contributed by atoms with Crippen LogP contribution in [0.15, 0.2) is 49.2 Å². The van der Waals surface area contributed by atoms with Crippen LogP contribution >= 0.6 is 0 Å². The number of aryl methyl sites for hydroxylation is 1. The van der Waals surface area contributed by atoms with Crippen LogP contribution < -0.4 is 15.0 Å². The van der Waals surface area contributed by atoms with Crippen molar-refractivity contribution in [3.8, 4) is 11.6 Å². The molecule has 0 aliphatic rings. The van der Waals surface area contributed by atoms with Crippen molar-refractivity contribution in [2.75, 3.05) is 31.4 Å². The minimum atomic E-state index is -0.0686. The third kappa shape index (κ3) is 4.60. The Bertz CT molecular complexity index is 905. The molecule has 1 N–H and O–H groups in total. The van der Waals surface area contributed by atoms with Gasteiger partial charge < -0.3 is 15.0 Å². The molecule has 0 aliphatic heterocycles. The lowest BCUT2D eigenvalue weighted by Crippen LogP contribution is -2.14. The van der Waals surface area contributed by atoms with Crippen molar-refractivity contribution in [2.24, 2.45) is 0 Å². The van der Waals surface area contributed by atoms with Crippen LogP contribution in [-0.2, 0) is 11.2 Å². The summed E-state index contributed by atoms with van der Waals surface area (Å²) >= 11 is 0. The largest absolute Gasteiger partial charge is 0.497 e. The van der Waals surface area contributed by atoms with Crippen LogP contribution in [0.25, 0.3) is 5.82 Å². The van der Waals surface area contributed by atoms with E-state index in [1.165, 1.54) is 6.33 Å². The number of hydrogen-bond acceptors (Lipinski definition) is 6. The van der Waals surface area contributed by atoms with E-state index in [0.717, 1.165) is 17.0 Å². The summed E-state index contributed by atoms with van der Waals surface area (Å²) < 4.78 is 6.76. The van der Waals surface area contributed by atoms with Crippen LogP contribution in [0, 0.1) is 0 Å². The van der Waals surface area contributed by atoms with Crippen molar-refractivity contribution in [1.29, 1.82) is 0 Å². The maximum absolute atomic E-state index is 12.2. The van der Waals surface area contributed by atoms with Gasteiger partial charge in [-0.25, -0.2) is 14.6 Å². The molecule has 0 aliphatic carbocycles. The molecule has 27 heavy (non-hydrogen) atoms. The normalized spacial score (nSPS) is 10.5. The highest BCUT2D eigenvalue weighted by molar-refractivity contribution is 5.90. The Morgan fingerprint density at radius 1 is 1.22 bits per heavy atom. The minimum absolute atomic E-state index is 0.0686. The fraction of sp³-hybridized carbons (Fsp3) is 0.263. The van der Waals surface area contributed by atoms with E-state index in [1.54, 1.807) is 30.4 Å². The summed E-state index contributed by atoms with van der Waals surface area (Å²) in [7, 11) is 5.45. The molecule has 8 heteroatoms. The zero-order chi connectivity index (χ0) is 19.2. The summed E-state index contributed by atoms with van der Waals surface area (Å²) in [6.07, 6.45) is 7.57. The summed E-state index contributed by atoms with van der Waals surface area (Å²) in [5, 5.41) is 7.16. The number of benzene rings is 1. The van der Waals surface area contributed by atoms with Crippen molar-refractivity contribution >= 4 is 17.3 Å². The summed E-state index contributed by atoms with van der Waals surface area (Å²) in [5.74, 6) is 1.38. The number of carbonyl (C=O) groups is 1. The highest BCUT2D eigenvalue weighted by Gasteiger charge is 2.11. The summed E-state index contributed by atoms with van der Waals surface area (Å²) in [5.41, 5.74) is 2.54. The molecule has 3 rings (SSSR count). The molecule has 0 saturated carbocycles. The Morgan fingerprint density at radius 2 is 2.00 bits per heavy atom. The van der Waals surface area contributed by atoms with E-state index in [1.807, 2.05) is 43.3 Å². The van der Waals surface area contributed by atoms with Gasteiger partial charge in [0.2, 0.25) is 5.91 Å². The van der Waals surface area contributed by atoms with Crippen LogP contribution in [0.2, 0.25) is 0 Å². The van der Waals surface area contributed by atoms with Gasteiger partial charge in [0.25, 0.3) is 0 Å². The first-order chi connectivity index (χ1) is 13.1. The number of amides is 1. The first-order valence-corrected chi connectivity index (χ1v) is 8.52. The smallest absolute Gasteiger partial charge is 0.224 e. The second kappa shape index (κ2) is 8.31. The van der Waals surface area contributed by atoms with Crippen molar-refractivity contribution in [3.05, 3.63) is 54.7 Å². The maximum atomic E-state index is 12.2. The summed E-state index contributed by atoms with van der Waals surface area (Å²) in [6, 6.07) is 7.70. The number of carbonyl (C=O) groups excluding carboxylic acids is 1. The van der Waals surface area contributed by atoms with Gasteiger partial charge in [-0.3, -0.25) is 4.79 Å². The highest BCUT2D eigenvalue weighted by Crippen LogP contribution is 2.20. The molecule has 0 atom stereocenters. The Hall–Kier alpha value is -3.42. The fourth-order valence-electron chi connectivity index (χ4n) is 2.58. The van der Waals surface area contributed by atoms with Gasteiger partial charge in [0.15, 0.2) is 5.82 Å². The second-order valence-corrected chi connectivity index (χ2v) is 6.20. The second-order valence-electron chi connectivity index (χ2n) is 6.20. The SMILES string of the molecule is COc1ccc(CCC(=O)Nc2cnn(-c3ncncc3N(C)C)c2)cc1. The first-order valence-electron chi connectivity index (χ1n) is 8.52. The molecule has 3 aromatic rings. The van der Waals surface area contributed by atoms with E-state index in [0.29, 0.717) is 24.3 Å². The van der Waals surface area contributed by atoms with Crippen LogP contribution in [0.1, 0.15) is 12.0 Å². The molecule has 0 bridgehead atoms. The number of aromatic nitrogens is 4. The Balaban J connectivity index is 1.61. The van der Waals surface area contributed by atoms with Crippen LogP contribution in [-0.4, -0.2) is 46.9 Å². The molecular formula is C19H22N6O2. The molecule has 140 valence electrons. The predicted octanol–water partition coefficient (Wildman–Crippen LogP) is 2.31. The molecule has 0 saturated heterocycles. The first kappa shape index (κ1) is 18.4. The van der Waals surface area contributed by atoms with Gasteiger partial charge in [0, 0.05) is 20.5 Å². The molecule has 0 fully saturated rings. The van der Waals surface area contributed by atoms with Gasteiger partial charge in [-0.05, 0) is 24.1 Å². The molecule has 0 radical (unpaired) electrons. The maximum Gasteiger partial charge on any atom is 0.224 e. The number of rotatable bonds is 7. The van der Waals surface area contributed by atoms with Crippen LogP contribution in [0.5, 0.6) is 5.75 Å². The van der Waals surface area contributed by atoms with E-state index in [-0.39, 0.29) is 5.91 Å². The monoisotopic (exact) mass is 366 g/mol. The molecule has 1 aromatic carbocycles. The molecule has 0 unspecified atom stereocenters. The number of nitrogens with zero attached hydrogens (tertiary/aromatic N) is 5. The number of ether oxygens (including phenoxy) is 1. The number of methoxy groups -OCH3 is 1. The molecule has 8 nitrogen and oxygen atoms in total. The molecule has 0 spiro atoms. The average molecular weight is 366 g/mol. The third-order valence-electron chi connectivity index (χ3n) is 4.04. The minimum Gasteiger partial charge on any atom is -0.497 e. The Morgan fingerprint density at radius 3 is 2.70 bits per heavy atom. The number of hydrogen-bond donors (Lipinski definition) is 1. The zero-order valence-electron chi connectivity index (χ0n) is 15.6. The van der Waals surface area contributed by atoms with Crippen molar-refractivity contribution in [2.45, 2.75) is 12.8 Å². The Labute approximate surface area is 157 Å². The van der Waals surface area contributed by atoms with Gasteiger partial charge in [-0.15, -0.1) is 0 Å². The average Bonchev–Trinajstić information content (AvgIpc) is 3.15. The fourth-order valence-corrected chi connectivity index (χ4v) is 2.58. The molecular weight excluding hydrogens is 344 g/mol. The van der Waals surface area contributed by atoms with Crippen molar-refractivity contribution in [1.82, 2.24) is 19.7 Å². The molecule has 1 amide bonds. The van der Waals surface area contributed by atoms with Gasteiger partial charge in [0.1, 0.15) is 17.8 Å². The van der Waals surface area contributed by atoms with Crippen LogP contribution in [0.4, 0.5) is 11.4 Å². The van der Waals surface area contributed by atoms with E-state index in [4.69, 9.17) is 4.74 Å². The van der Waals surface area contributed by atoms with E-state index < -0.39 is 0 Å². The lowest BCUT2D eigenvalue weighted by molar-refractivity contribution is -0.116. The van der Waals surface area contributed by atoms with Crippen LogP contribution in [0.3, 0.4) is 0 Å². The van der Waals surface area contributed by atoms with Gasteiger partial charge in [-0.2, -0.15) is 5.10 Å². The molecule has 2 aromatic heterocycles. The summed E-state index contributed by atoms with van der Waals surface area (Å²) in [6.45, 7) is 0. The van der Waals surface area contributed by atoms with Crippen molar-refractivity contribution < 1.29 is 9.53 Å². The number of nitrogens with one attached hydrogen (secondary N) is 1. The number of anilines is 2. The molecule has 2 heterocycles. The lowest BCUT2D eigenvalue weighted by atomic mass is 10.1.